The Bertz CT molecular complexity index is 620. The van der Waals surface area contributed by atoms with E-state index in [0.717, 1.165) is 9.88 Å². The summed E-state index contributed by atoms with van der Waals surface area (Å²) >= 11 is 3.08. The van der Waals surface area contributed by atoms with E-state index in [1.165, 1.54) is 11.3 Å². The zero-order valence-corrected chi connectivity index (χ0v) is 13.3. The number of hydrogen-bond acceptors (Lipinski definition) is 5. The molecule has 112 valence electrons. The van der Waals surface area contributed by atoms with E-state index in [-0.39, 0.29) is 18.2 Å². The summed E-state index contributed by atoms with van der Waals surface area (Å²) in [6.07, 6.45) is 0.0956. The molecule has 0 aliphatic carbocycles. The molecule has 1 amide bonds. The van der Waals surface area contributed by atoms with Crippen LogP contribution in [0.2, 0.25) is 0 Å². The first-order valence-electron chi connectivity index (χ1n) is 6.48. The van der Waals surface area contributed by atoms with Crippen molar-refractivity contribution in [3.8, 4) is 9.88 Å². The molecule has 0 saturated carbocycles. The van der Waals surface area contributed by atoms with E-state index in [0.29, 0.717) is 5.69 Å². The Morgan fingerprint density at radius 3 is 2.71 bits per heavy atom. The van der Waals surface area contributed by atoms with Gasteiger partial charge < -0.3 is 10.4 Å². The van der Waals surface area contributed by atoms with E-state index < -0.39 is 12.0 Å². The highest BCUT2D eigenvalue weighted by Crippen LogP contribution is 2.27. The van der Waals surface area contributed by atoms with Crippen LogP contribution in [0.4, 0.5) is 0 Å². The number of nitrogens with zero attached hydrogens (tertiary/aromatic N) is 1. The Morgan fingerprint density at radius 1 is 1.38 bits per heavy atom. The Morgan fingerprint density at radius 2 is 2.14 bits per heavy atom. The predicted molar refractivity (Wildman–Crippen MR) is 83.5 cm³/mol. The summed E-state index contributed by atoms with van der Waals surface area (Å²) in [5.41, 5.74) is 0.661. The molecule has 0 saturated heterocycles. The van der Waals surface area contributed by atoms with Gasteiger partial charge in [0.1, 0.15) is 11.0 Å². The van der Waals surface area contributed by atoms with Crippen LogP contribution < -0.4 is 5.32 Å². The maximum Gasteiger partial charge on any atom is 0.326 e. The molecule has 2 heterocycles. The Hall–Kier alpha value is -1.73. The smallest absolute Gasteiger partial charge is 0.326 e. The fourth-order valence-corrected chi connectivity index (χ4v) is 3.44. The van der Waals surface area contributed by atoms with Gasteiger partial charge in [0.05, 0.1) is 17.0 Å². The van der Waals surface area contributed by atoms with E-state index in [9.17, 15) is 9.59 Å². The summed E-state index contributed by atoms with van der Waals surface area (Å²) in [5.74, 6) is -1.50. The number of aromatic nitrogens is 1. The zero-order valence-electron chi connectivity index (χ0n) is 11.7. The summed E-state index contributed by atoms with van der Waals surface area (Å²) in [5, 5.41) is 16.3. The molecule has 2 N–H and O–H groups in total. The second kappa shape index (κ2) is 6.82. The van der Waals surface area contributed by atoms with E-state index in [2.05, 4.69) is 10.3 Å². The summed E-state index contributed by atoms with van der Waals surface area (Å²) in [6.45, 7) is 3.52. The van der Waals surface area contributed by atoms with Crippen molar-refractivity contribution in [3.05, 3.63) is 28.6 Å². The van der Waals surface area contributed by atoms with Crippen LogP contribution in [-0.4, -0.2) is 28.0 Å². The van der Waals surface area contributed by atoms with Crippen LogP contribution >= 0.6 is 22.7 Å². The molecule has 1 atom stereocenters. The van der Waals surface area contributed by atoms with Crippen LogP contribution in [0.1, 0.15) is 19.5 Å². The fourth-order valence-electron chi connectivity index (χ4n) is 1.80. The number of amides is 1. The highest BCUT2D eigenvalue weighted by molar-refractivity contribution is 7.20. The van der Waals surface area contributed by atoms with Gasteiger partial charge in [0.15, 0.2) is 0 Å². The first kappa shape index (κ1) is 15.7. The number of hydrogen-bond donors (Lipinski definition) is 2. The van der Waals surface area contributed by atoms with Gasteiger partial charge in [0, 0.05) is 5.38 Å². The monoisotopic (exact) mass is 324 g/mol. The minimum Gasteiger partial charge on any atom is -0.480 e. The molecule has 0 aromatic carbocycles. The maximum atomic E-state index is 11.9. The third-order valence-corrected chi connectivity index (χ3v) is 4.80. The number of thiophene rings is 1. The third-order valence-electron chi connectivity index (χ3n) is 2.87. The van der Waals surface area contributed by atoms with Crippen molar-refractivity contribution >= 4 is 34.6 Å². The van der Waals surface area contributed by atoms with Gasteiger partial charge in [-0.1, -0.05) is 19.9 Å². The molecule has 7 heteroatoms. The summed E-state index contributed by atoms with van der Waals surface area (Å²) in [6, 6.07) is 3.06. The van der Waals surface area contributed by atoms with Crippen molar-refractivity contribution in [2.24, 2.45) is 5.92 Å². The van der Waals surface area contributed by atoms with Crippen molar-refractivity contribution in [2.45, 2.75) is 26.3 Å². The maximum absolute atomic E-state index is 11.9. The molecule has 0 spiro atoms. The number of thiazole rings is 1. The lowest BCUT2D eigenvalue weighted by Crippen LogP contribution is -2.44. The number of carbonyl (C=O) groups excluding carboxylic acids is 1. The zero-order chi connectivity index (χ0) is 15.4. The Kier molecular flexibility index (Phi) is 5.08. The van der Waals surface area contributed by atoms with Gasteiger partial charge in [-0.2, -0.15) is 0 Å². The molecule has 0 aliphatic rings. The lowest BCUT2D eigenvalue weighted by Gasteiger charge is -2.17. The third kappa shape index (κ3) is 4.12. The SMILES string of the molecule is CC(C)[C@@H](NC(=O)Cc1csc(-c2cccs2)n1)C(=O)O. The molecule has 5 nitrogen and oxygen atoms in total. The number of carboxylic acids is 1. The first-order chi connectivity index (χ1) is 9.97. The molecule has 0 aliphatic heterocycles. The van der Waals surface area contributed by atoms with Gasteiger partial charge in [-0.15, -0.1) is 22.7 Å². The molecule has 0 fully saturated rings. The van der Waals surface area contributed by atoms with Crippen LogP contribution in [0.3, 0.4) is 0 Å². The van der Waals surface area contributed by atoms with Crippen molar-refractivity contribution in [3.63, 3.8) is 0 Å². The van der Waals surface area contributed by atoms with Gasteiger partial charge in [-0.25, -0.2) is 9.78 Å². The van der Waals surface area contributed by atoms with Gasteiger partial charge >= 0.3 is 5.97 Å². The molecule has 21 heavy (non-hydrogen) atoms. The van der Waals surface area contributed by atoms with E-state index in [1.54, 1.807) is 25.2 Å². The lowest BCUT2D eigenvalue weighted by molar-refractivity contribution is -0.143. The second-order valence-corrected chi connectivity index (χ2v) is 6.73. The van der Waals surface area contributed by atoms with Crippen molar-refractivity contribution in [1.29, 1.82) is 0 Å². The van der Waals surface area contributed by atoms with Crippen molar-refractivity contribution < 1.29 is 14.7 Å². The molecular weight excluding hydrogens is 308 g/mol. The average molecular weight is 324 g/mol. The molecule has 0 bridgehead atoms. The van der Waals surface area contributed by atoms with Crippen LogP contribution in [0.25, 0.3) is 9.88 Å². The van der Waals surface area contributed by atoms with Gasteiger partial charge in [-0.3, -0.25) is 4.79 Å². The van der Waals surface area contributed by atoms with E-state index in [1.807, 2.05) is 22.9 Å². The quantitative estimate of drug-likeness (QED) is 0.856. The van der Waals surface area contributed by atoms with E-state index >= 15 is 0 Å². The minimum atomic E-state index is -1.02. The summed E-state index contributed by atoms with van der Waals surface area (Å²) < 4.78 is 0. The standard InChI is InChI=1S/C14H16N2O3S2/c1-8(2)12(14(18)19)16-11(17)6-9-7-21-13(15-9)10-4-3-5-20-10/h3-5,7-8,12H,6H2,1-2H3,(H,16,17)(H,18,19)/t12-/m1/s1. The highest BCUT2D eigenvalue weighted by Gasteiger charge is 2.23. The molecule has 2 aromatic heterocycles. The summed E-state index contributed by atoms with van der Waals surface area (Å²) in [7, 11) is 0. The van der Waals surface area contributed by atoms with E-state index in [4.69, 9.17) is 5.11 Å². The molecular formula is C14H16N2O3S2. The average Bonchev–Trinajstić information content (AvgIpc) is 3.05. The van der Waals surface area contributed by atoms with Crippen LogP contribution in [0, 0.1) is 5.92 Å². The fraction of sp³-hybridized carbons (Fsp3) is 0.357. The number of nitrogens with one attached hydrogen (secondary N) is 1. The number of carbonyl (C=O) groups is 2. The predicted octanol–water partition coefficient (Wildman–Crippen LogP) is 2.64. The van der Waals surface area contributed by atoms with Crippen molar-refractivity contribution in [1.82, 2.24) is 10.3 Å². The molecule has 0 radical (unpaired) electrons. The van der Waals surface area contributed by atoms with Crippen LogP contribution in [0.15, 0.2) is 22.9 Å². The molecule has 2 aromatic rings. The number of aliphatic carboxylic acids is 1. The largest absolute Gasteiger partial charge is 0.480 e. The van der Waals surface area contributed by atoms with Crippen molar-refractivity contribution in [2.75, 3.05) is 0 Å². The molecule has 0 unspecified atom stereocenters. The van der Waals surface area contributed by atoms with Crippen LogP contribution in [-0.2, 0) is 16.0 Å². The molecule has 2 rings (SSSR count). The Labute approximate surface area is 130 Å². The normalized spacial score (nSPS) is 12.3. The highest BCUT2D eigenvalue weighted by atomic mass is 32.1. The first-order valence-corrected chi connectivity index (χ1v) is 8.23. The second-order valence-electron chi connectivity index (χ2n) is 4.93. The van der Waals surface area contributed by atoms with Gasteiger partial charge in [-0.05, 0) is 17.4 Å². The van der Waals surface area contributed by atoms with Gasteiger partial charge in [0.25, 0.3) is 0 Å². The summed E-state index contributed by atoms with van der Waals surface area (Å²) in [4.78, 5) is 28.5. The number of carboxylic acid groups (broad SMARTS) is 1. The number of rotatable bonds is 6. The van der Waals surface area contributed by atoms with Gasteiger partial charge in [0.2, 0.25) is 5.91 Å². The minimum absolute atomic E-state index is 0.0956. The Balaban J connectivity index is 1.98. The lowest BCUT2D eigenvalue weighted by atomic mass is 10.0. The van der Waals surface area contributed by atoms with Crippen LogP contribution in [0.5, 0.6) is 0 Å². The topological polar surface area (TPSA) is 79.3 Å².